The fraction of sp³-hybridized carbons (Fsp3) is 0.667. The van der Waals surface area contributed by atoms with Gasteiger partial charge in [-0.2, -0.15) is 0 Å². The summed E-state index contributed by atoms with van der Waals surface area (Å²) in [5, 5.41) is 9.90. The molecule has 1 aromatic rings. The molecule has 1 aliphatic heterocycles. The van der Waals surface area contributed by atoms with Crippen LogP contribution in [-0.2, 0) is 15.1 Å². The Bertz CT molecular complexity index is 468. The summed E-state index contributed by atoms with van der Waals surface area (Å²) in [6.07, 6.45) is 5.70. The van der Waals surface area contributed by atoms with E-state index in [1.54, 1.807) is 6.20 Å². The van der Waals surface area contributed by atoms with E-state index in [4.69, 9.17) is 9.47 Å². The Labute approximate surface area is 112 Å². The van der Waals surface area contributed by atoms with Crippen molar-refractivity contribution in [1.82, 2.24) is 4.98 Å². The Kier molecular flexibility index (Phi) is 2.50. The normalized spacial score (nSPS) is 44.3. The molecule has 0 amide bonds. The Balaban J connectivity index is 1.65. The summed E-state index contributed by atoms with van der Waals surface area (Å²) in [7, 11) is 0. The molecular formula is C15H19NO3. The molecule has 1 aromatic heterocycles. The first-order chi connectivity index (χ1) is 9.25. The number of aliphatic hydroxyl groups is 1. The molecule has 102 valence electrons. The monoisotopic (exact) mass is 261 g/mol. The van der Waals surface area contributed by atoms with Gasteiger partial charge in [-0.05, 0) is 30.4 Å². The zero-order chi connectivity index (χ0) is 12.9. The molecule has 3 atom stereocenters. The number of rotatable bonds is 2. The van der Waals surface area contributed by atoms with Crippen molar-refractivity contribution in [3.05, 3.63) is 30.1 Å². The first-order valence-electron chi connectivity index (χ1n) is 7.12. The van der Waals surface area contributed by atoms with Crippen LogP contribution >= 0.6 is 0 Å². The lowest BCUT2D eigenvalue weighted by Crippen LogP contribution is -2.51. The summed E-state index contributed by atoms with van der Waals surface area (Å²) in [6, 6.07) is 5.76. The fourth-order valence-electron chi connectivity index (χ4n) is 3.74. The summed E-state index contributed by atoms with van der Waals surface area (Å²) >= 11 is 0. The Hall–Kier alpha value is -0.970. The Morgan fingerprint density at radius 2 is 2.16 bits per heavy atom. The highest BCUT2D eigenvalue weighted by Gasteiger charge is 2.60. The second kappa shape index (κ2) is 4.01. The second-order valence-corrected chi connectivity index (χ2v) is 6.14. The smallest absolute Gasteiger partial charge is 0.170 e. The number of aromatic nitrogens is 1. The van der Waals surface area contributed by atoms with Crippen LogP contribution in [0.15, 0.2) is 24.4 Å². The fourth-order valence-corrected chi connectivity index (χ4v) is 3.74. The maximum atomic E-state index is 9.90. The minimum atomic E-state index is -0.684. The highest BCUT2D eigenvalue weighted by atomic mass is 16.7. The largest absolute Gasteiger partial charge is 0.393 e. The van der Waals surface area contributed by atoms with E-state index < -0.39 is 11.4 Å². The van der Waals surface area contributed by atoms with E-state index in [0.29, 0.717) is 13.0 Å². The molecule has 2 aliphatic carbocycles. The maximum Gasteiger partial charge on any atom is 0.170 e. The van der Waals surface area contributed by atoms with Gasteiger partial charge in [-0.25, -0.2) is 0 Å². The van der Waals surface area contributed by atoms with E-state index in [2.05, 4.69) is 4.98 Å². The number of fused-ring (bicyclic) bond motifs is 1. The minimum absolute atomic E-state index is 0.0372. The quantitative estimate of drug-likeness (QED) is 0.882. The molecule has 2 heterocycles. The Morgan fingerprint density at radius 1 is 1.32 bits per heavy atom. The molecule has 4 rings (SSSR count). The number of nitrogens with zero attached hydrogens (tertiary/aromatic N) is 1. The highest BCUT2D eigenvalue weighted by molar-refractivity contribution is 5.16. The molecule has 1 N–H and O–H groups in total. The van der Waals surface area contributed by atoms with Gasteiger partial charge in [-0.1, -0.05) is 6.07 Å². The number of ether oxygens (including phenoxy) is 2. The number of hydrogen-bond donors (Lipinski definition) is 1. The SMILES string of the molecule is OCC1(c2ccccn2)CCOC2(CC3CC3C2)O1. The molecular weight excluding hydrogens is 242 g/mol. The van der Waals surface area contributed by atoms with Crippen molar-refractivity contribution in [2.24, 2.45) is 11.8 Å². The van der Waals surface area contributed by atoms with Crippen LogP contribution in [0.4, 0.5) is 0 Å². The van der Waals surface area contributed by atoms with Crippen molar-refractivity contribution in [3.8, 4) is 0 Å². The first kappa shape index (κ1) is 11.8. The van der Waals surface area contributed by atoms with Crippen LogP contribution in [0.5, 0.6) is 0 Å². The predicted molar refractivity (Wildman–Crippen MR) is 68.2 cm³/mol. The zero-order valence-corrected chi connectivity index (χ0v) is 10.9. The number of aliphatic hydroxyl groups excluding tert-OH is 1. The van der Waals surface area contributed by atoms with Gasteiger partial charge in [0.05, 0.1) is 18.9 Å². The van der Waals surface area contributed by atoms with Crippen LogP contribution < -0.4 is 0 Å². The van der Waals surface area contributed by atoms with Crippen molar-refractivity contribution in [3.63, 3.8) is 0 Å². The van der Waals surface area contributed by atoms with Gasteiger partial charge in [0.2, 0.25) is 0 Å². The van der Waals surface area contributed by atoms with Gasteiger partial charge in [0.1, 0.15) is 5.60 Å². The molecule has 0 aromatic carbocycles. The topological polar surface area (TPSA) is 51.6 Å². The standard InChI is InChI=1S/C15H19NO3/c17-10-14(13-3-1-2-5-16-13)4-6-18-15(19-14)8-11-7-12(11)9-15/h1-3,5,11-12,17H,4,6-10H2. The van der Waals surface area contributed by atoms with Crippen LogP contribution in [-0.4, -0.2) is 29.1 Å². The van der Waals surface area contributed by atoms with E-state index in [1.165, 1.54) is 6.42 Å². The average Bonchev–Trinajstić information content (AvgIpc) is 3.08. The third-order valence-corrected chi connectivity index (χ3v) is 4.85. The van der Waals surface area contributed by atoms with Crippen molar-refractivity contribution in [2.45, 2.75) is 37.1 Å². The van der Waals surface area contributed by atoms with E-state index in [-0.39, 0.29) is 6.61 Å². The minimum Gasteiger partial charge on any atom is -0.393 e. The van der Waals surface area contributed by atoms with E-state index >= 15 is 0 Å². The van der Waals surface area contributed by atoms with Gasteiger partial charge in [0, 0.05) is 25.5 Å². The van der Waals surface area contributed by atoms with Gasteiger partial charge in [-0.15, -0.1) is 0 Å². The summed E-state index contributed by atoms with van der Waals surface area (Å²) in [5.74, 6) is 1.09. The Morgan fingerprint density at radius 3 is 2.84 bits per heavy atom. The molecule has 0 bridgehead atoms. The first-order valence-corrected chi connectivity index (χ1v) is 7.12. The average molecular weight is 261 g/mol. The molecule has 2 saturated carbocycles. The lowest BCUT2D eigenvalue weighted by atomic mass is 9.93. The molecule has 4 nitrogen and oxygen atoms in total. The van der Waals surface area contributed by atoms with Gasteiger partial charge >= 0.3 is 0 Å². The zero-order valence-electron chi connectivity index (χ0n) is 10.9. The molecule has 1 saturated heterocycles. The molecule has 0 radical (unpaired) electrons. The number of hydrogen-bond acceptors (Lipinski definition) is 4. The van der Waals surface area contributed by atoms with Crippen molar-refractivity contribution in [1.29, 1.82) is 0 Å². The third kappa shape index (κ3) is 1.82. The van der Waals surface area contributed by atoms with Gasteiger partial charge in [-0.3, -0.25) is 4.98 Å². The summed E-state index contributed by atoms with van der Waals surface area (Å²) in [4.78, 5) is 4.39. The molecule has 3 aliphatic rings. The van der Waals surface area contributed by atoms with E-state index in [9.17, 15) is 5.11 Å². The van der Waals surface area contributed by atoms with Crippen LogP contribution in [0.25, 0.3) is 0 Å². The lowest BCUT2D eigenvalue weighted by Gasteiger charge is -2.46. The van der Waals surface area contributed by atoms with Crippen molar-refractivity contribution in [2.75, 3.05) is 13.2 Å². The molecule has 4 heteroatoms. The lowest BCUT2D eigenvalue weighted by molar-refractivity contribution is -0.340. The van der Waals surface area contributed by atoms with Crippen molar-refractivity contribution < 1.29 is 14.6 Å². The van der Waals surface area contributed by atoms with Gasteiger partial charge in [0.25, 0.3) is 0 Å². The van der Waals surface area contributed by atoms with Crippen LogP contribution in [0.3, 0.4) is 0 Å². The number of pyridine rings is 1. The summed E-state index contributed by atoms with van der Waals surface area (Å²) < 4.78 is 12.3. The highest BCUT2D eigenvalue weighted by Crippen LogP contribution is 2.60. The summed E-state index contributed by atoms with van der Waals surface area (Å²) in [5.41, 5.74) is 0.136. The summed E-state index contributed by atoms with van der Waals surface area (Å²) in [6.45, 7) is 0.598. The van der Waals surface area contributed by atoms with E-state index in [0.717, 1.165) is 30.4 Å². The van der Waals surface area contributed by atoms with Crippen LogP contribution in [0.1, 0.15) is 31.4 Å². The molecule has 3 fully saturated rings. The van der Waals surface area contributed by atoms with E-state index in [1.807, 2.05) is 18.2 Å². The van der Waals surface area contributed by atoms with Crippen molar-refractivity contribution >= 4 is 0 Å². The van der Waals surface area contributed by atoms with Crippen LogP contribution in [0, 0.1) is 11.8 Å². The van der Waals surface area contributed by atoms with Gasteiger partial charge < -0.3 is 14.6 Å². The van der Waals surface area contributed by atoms with Gasteiger partial charge in [0.15, 0.2) is 5.79 Å². The maximum absolute atomic E-state index is 9.90. The van der Waals surface area contributed by atoms with Crippen LogP contribution in [0.2, 0.25) is 0 Å². The predicted octanol–water partition coefficient (Wildman–Crippen LogP) is 1.83. The molecule has 1 spiro atoms. The molecule has 3 unspecified atom stereocenters. The molecule has 19 heavy (non-hydrogen) atoms. The third-order valence-electron chi connectivity index (χ3n) is 4.85. The second-order valence-electron chi connectivity index (χ2n) is 6.14.